The zero-order chi connectivity index (χ0) is 10.4. The van der Waals surface area contributed by atoms with E-state index in [2.05, 4.69) is 0 Å². The third-order valence-electron chi connectivity index (χ3n) is 2.02. The lowest BCUT2D eigenvalue weighted by Gasteiger charge is -2.17. The van der Waals surface area contributed by atoms with Crippen molar-refractivity contribution in [1.29, 1.82) is 0 Å². The number of hydrogen-bond donors (Lipinski definition) is 1. The van der Waals surface area contributed by atoms with Gasteiger partial charge in [0.1, 0.15) is 6.04 Å². The van der Waals surface area contributed by atoms with E-state index in [4.69, 9.17) is 10.5 Å². The quantitative estimate of drug-likeness (QED) is 0.502. The first-order chi connectivity index (χ1) is 6.02. The Morgan fingerprint density at radius 3 is 2.46 bits per heavy atom. The molecular formula is C9H17NO3. The number of esters is 1. The summed E-state index contributed by atoms with van der Waals surface area (Å²) < 4.78 is 4.75. The summed E-state index contributed by atoms with van der Waals surface area (Å²) in [6.07, 6.45) is 0.676. The molecule has 0 bridgehead atoms. The van der Waals surface area contributed by atoms with E-state index in [-0.39, 0.29) is 5.92 Å². The highest BCUT2D eigenvalue weighted by molar-refractivity contribution is 5.77. The fourth-order valence-electron chi connectivity index (χ4n) is 0.776. The van der Waals surface area contributed by atoms with Gasteiger partial charge < -0.3 is 10.5 Å². The van der Waals surface area contributed by atoms with E-state index in [1.54, 1.807) is 0 Å². The van der Waals surface area contributed by atoms with Gasteiger partial charge in [-0.25, -0.2) is 0 Å². The molecule has 3 atom stereocenters. The highest BCUT2D eigenvalue weighted by Crippen LogP contribution is 2.07. The summed E-state index contributed by atoms with van der Waals surface area (Å²) in [6, 6.07) is -0.632. The summed E-state index contributed by atoms with van der Waals surface area (Å²) >= 11 is 0. The third-order valence-corrected chi connectivity index (χ3v) is 2.02. The van der Waals surface area contributed by atoms with Gasteiger partial charge in [-0.1, -0.05) is 20.3 Å². The normalized spacial score (nSPS) is 17.2. The van der Waals surface area contributed by atoms with Crippen LogP contribution in [-0.2, 0) is 14.3 Å². The monoisotopic (exact) mass is 187 g/mol. The zero-order valence-electron chi connectivity index (χ0n) is 8.32. The van der Waals surface area contributed by atoms with Gasteiger partial charge in [0.15, 0.2) is 12.4 Å². The zero-order valence-corrected chi connectivity index (χ0v) is 8.32. The van der Waals surface area contributed by atoms with Crippen LogP contribution < -0.4 is 5.73 Å². The summed E-state index contributed by atoms with van der Waals surface area (Å²) in [5.41, 5.74) is 5.58. The molecule has 0 saturated heterocycles. The molecule has 0 amide bonds. The molecule has 13 heavy (non-hydrogen) atoms. The molecule has 0 spiro atoms. The van der Waals surface area contributed by atoms with Crippen LogP contribution in [0, 0.1) is 5.92 Å². The molecule has 4 nitrogen and oxygen atoms in total. The topological polar surface area (TPSA) is 69.4 Å². The molecule has 0 rings (SSSR count). The highest BCUT2D eigenvalue weighted by Gasteiger charge is 2.22. The summed E-state index contributed by atoms with van der Waals surface area (Å²) in [5, 5.41) is 0. The van der Waals surface area contributed by atoms with E-state index in [0.717, 1.165) is 6.42 Å². The molecule has 0 aromatic rings. The second kappa shape index (κ2) is 5.70. The van der Waals surface area contributed by atoms with Crippen molar-refractivity contribution in [1.82, 2.24) is 0 Å². The van der Waals surface area contributed by atoms with Gasteiger partial charge in [-0.15, -0.1) is 0 Å². The van der Waals surface area contributed by atoms with Gasteiger partial charge in [-0.3, -0.25) is 9.59 Å². The molecule has 0 aromatic heterocycles. The molecular weight excluding hydrogens is 170 g/mol. The smallest absolute Gasteiger partial charge is 0.323 e. The van der Waals surface area contributed by atoms with Crippen LogP contribution in [0.4, 0.5) is 0 Å². The van der Waals surface area contributed by atoms with Crippen LogP contribution in [0.5, 0.6) is 0 Å². The predicted molar refractivity (Wildman–Crippen MR) is 49.0 cm³/mol. The van der Waals surface area contributed by atoms with Crippen molar-refractivity contribution in [2.75, 3.05) is 0 Å². The van der Waals surface area contributed by atoms with Crippen LogP contribution in [0.25, 0.3) is 0 Å². The largest absolute Gasteiger partial charge is 0.454 e. The molecule has 0 aromatic carbocycles. The minimum absolute atomic E-state index is 0.0753. The maximum atomic E-state index is 11.2. The molecule has 0 aliphatic rings. The van der Waals surface area contributed by atoms with E-state index >= 15 is 0 Å². The van der Waals surface area contributed by atoms with Crippen LogP contribution in [0.3, 0.4) is 0 Å². The fraction of sp³-hybridized carbons (Fsp3) is 0.778. The lowest BCUT2D eigenvalue weighted by molar-refractivity contribution is -0.153. The summed E-state index contributed by atoms with van der Waals surface area (Å²) in [5.74, 6) is -0.430. The van der Waals surface area contributed by atoms with Crippen molar-refractivity contribution in [3.05, 3.63) is 0 Å². The Morgan fingerprint density at radius 2 is 2.08 bits per heavy atom. The molecule has 4 heteroatoms. The Kier molecular flexibility index (Phi) is 5.30. The average Bonchev–Trinajstić information content (AvgIpc) is 2.14. The standard InChI is InChI=1S/C9H17NO3/c1-4-6(2)8(10)9(12)13-7(3)5-11/h5-8H,4,10H2,1-3H3/t6?,7?,8-/m0/s1. The van der Waals surface area contributed by atoms with Crippen LogP contribution in [0.1, 0.15) is 27.2 Å². The molecule has 0 aliphatic carbocycles. The summed E-state index contributed by atoms with van der Waals surface area (Å²) in [7, 11) is 0. The van der Waals surface area contributed by atoms with Crippen LogP contribution in [-0.4, -0.2) is 24.4 Å². The van der Waals surface area contributed by atoms with Crippen molar-refractivity contribution < 1.29 is 14.3 Å². The second-order valence-corrected chi connectivity index (χ2v) is 3.19. The first-order valence-corrected chi connectivity index (χ1v) is 4.44. The van der Waals surface area contributed by atoms with E-state index in [9.17, 15) is 9.59 Å². The highest BCUT2D eigenvalue weighted by atomic mass is 16.5. The molecule has 0 radical (unpaired) electrons. The molecule has 0 saturated carbocycles. The van der Waals surface area contributed by atoms with Gasteiger partial charge in [0, 0.05) is 0 Å². The maximum absolute atomic E-state index is 11.2. The number of rotatable bonds is 5. The molecule has 2 N–H and O–H groups in total. The molecule has 76 valence electrons. The van der Waals surface area contributed by atoms with Gasteiger partial charge in [0.05, 0.1) is 0 Å². The summed E-state index contributed by atoms with van der Waals surface area (Å²) in [4.78, 5) is 21.4. The first-order valence-electron chi connectivity index (χ1n) is 4.44. The van der Waals surface area contributed by atoms with Crippen LogP contribution in [0.15, 0.2) is 0 Å². The Morgan fingerprint density at radius 1 is 1.54 bits per heavy atom. The Balaban J connectivity index is 4.03. The average molecular weight is 187 g/mol. The SMILES string of the molecule is CCC(C)[C@H](N)C(=O)OC(C)C=O. The molecule has 0 heterocycles. The van der Waals surface area contributed by atoms with Gasteiger partial charge >= 0.3 is 5.97 Å². The number of aldehydes is 1. The maximum Gasteiger partial charge on any atom is 0.323 e. The van der Waals surface area contributed by atoms with Crippen molar-refractivity contribution in [3.8, 4) is 0 Å². The van der Waals surface area contributed by atoms with Gasteiger partial charge in [0.2, 0.25) is 0 Å². The number of nitrogens with two attached hydrogens (primary N) is 1. The van der Waals surface area contributed by atoms with Gasteiger partial charge in [-0.05, 0) is 12.8 Å². The van der Waals surface area contributed by atoms with E-state index in [1.807, 2.05) is 13.8 Å². The molecule has 0 aliphatic heterocycles. The minimum atomic E-state index is -0.706. The first kappa shape index (κ1) is 12.1. The lowest BCUT2D eigenvalue weighted by Crippen LogP contribution is -2.39. The van der Waals surface area contributed by atoms with Crippen molar-refractivity contribution in [2.45, 2.75) is 39.3 Å². The van der Waals surface area contributed by atoms with E-state index < -0.39 is 18.1 Å². The number of carbonyl (C=O) groups is 2. The van der Waals surface area contributed by atoms with E-state index in [0.29, 0.717) is 6.29 Å². The fourth-order valence-corrected chi connectivity index (χ4v) is 0.776. The Labute approximate surface area is 78.4 Å². The number of ether oxygens (including phenoxy) is 1. The van der Waals surface area contributed by atoms with Gasteiger partial charge in [0.25, 0.3) is 0 Å². The lowest BCUT2D eigenvalue weighted by atomic mass is 10.0. The molecule has 2 unspecified atom stereocenters. The second-order valence-electron chi connectivity index (χ2n) is 3.19. The molecule has 0 fully saturated rings. The van der Waals surface area contributed by atoms with Crippen molar-refractivity contribution >= 4 is 12.3 Å². The van der Waals surface area contributed by atoms with Crippen molar-refractivity contribution in [2.24, 2.45) is 11.7 Å². The predicted octanol–water partition coefficient (Wildman–Crippen LogP) is 0.490. The van der Waals surface area contributed by atoms with Gasteiger partial charge in [-0.2, -0.15) is 0 Å². The Hall–Kier alpha value is -0.900. The minimum Gasteiger partial charge on any atom is -0.454 e. The van der Waals surface area contributed by atoms with Crippen LogP contribution >= 0.6 is 0 Å². The number of hydrogen-bond acceptors (Lipinski definition) is 4. The number of carbonyl (C=O) groups excluding carboxylic acids is 2. The van der Waals surface area contributed by atoms with Crippen molar-refractivity contribution in [3.63, 3.8) is 0 Å². The van der Waals surface area contributed by atoms with E-state index in [1.165, 1.54) is 6.92 Å². The summed E-state index contributed by atoms with van der Waals surface area (Å²) in [6.45, 7) is 5.33. The third kappa shape index (κ3) is 4.03. The van der Waals surface area contributed by atoms with Crippen LogP contribution in [0.2, 0.25) is 0 Å². The Bertz CT molecular complexity index is 182.